The molecule has 0 saturated heterocycles. The number of nitrogens with zero attached hydrogens (tertiary/aromatic N) is 2. The monoisotopic (exact) mass is 579 g/mol. The van der Waals surface area contributed by atoms with Crippen LogP contribution in [0.15, 0.2) is 175 Å². The zero-order valence-electron chi connectivity index (χ0n) is 29.3. The Bertz CT molecular complexity index is 2550. The first-order chi connectivity index (χ1) is 24.4. The first-order valence-corrected chi connectivity index (χ1v) is 15.2. The standard InChI is InChI=1S/C43H30N2/c1-2-16-30(17-3-1)43-44-38-26-11-13-28-40(38)45(43)39-27-12-10-24-37(39)42-35-22-8-6-20-33(35)41(34-21-7-9-23-36(34)42)32-25-14-18-29-15-4-5-19-31(29)32/h1-28,38,40H/i1D,2D,3D,16D,17D. The second kappa shape index (κ2) is 10.5. The van der Waals surface area contributed by atoms with Gasteiger partial charge in [0.2, 0.25) is 0 Å². The Morgan fingerprint density at radius 2 is 1.09 bits per heavy atom. The fourth-order valence-electron chi connectivity index (χ4n) is 7.16. The number of amidine groups is 1. The summed E-state index contributed by atoms with van der Waals surface area (Å²) in [6, 6.07) is 38.1. The lowest BCUT2D eigenvalue weighted by Crippen LogP contribution is -2.39. The van der Waals surface area contributed by atoms with E-state index in [1.165, 1.54) is 21.9 Å². The summed E-state index contributed by atoms with van der Waals surface area (Å²) in [7, 11) is 0. The summed E-state index contributed by atoms with van der Waals surface area (Å²) in [4.78, 5) is 7.12. The van der Waals surface area contributed by atoms with Crippen LogP contribution in [0.25, 0.3) is 54.6 Å². The van der Waals surface area contributed by atoms with Crippen LogP contribution in [-0.2, 0) is 0 Å². The molecule has 0 radical (unpaired) electrons. The summed E-state index contributed by atoms with van der Waals surface area (Å²) in [5.74, 6) is 0.363. The molecule has 45 heavy (non-hydrogen) atoms. The van der Waals surface area contributed by atoms with Gasteiger partial charge in [-0.3, -0.25) is 4.99 Å². The third-order valence-corrected chi connectivity index (χ3v) is 9.02. The van der Waals surface area contributed by atoms with Crippen LogP contribution in [0, 0.1) is 0 Å². The minimum Gasteiger partial charge on any atom is -0.316 e. The second-order valence-electron chi connectivity index (χ2n) is 11.5. The summed E-state index contributed by atoms with van der Waals surface area (Å²) in [5.41, 5.74) is 5.33. The molecule has 1 aliphatic carbocycles. The number of hydrogen-bond donors (Lipinski definition) is 0. The number of anilines is 1. The zero-order chi connectivity index (χ0) is 34.1. The first-order valence-electron chi connectivity index (χ1n) is 17.7. The van der Waals surface area contributed by atoms with E-state index in [9.17, 15) is 0 Å². The van der Waals surface area contributed by atoms with Crippen molar-refractivity contribution in [3.63, 3.8) is 0 Å². The first kappa shape index (κ1) is 21.1. The number of fused-ring (bicyclic) bond motifs is 4. The quantitative estimate of drug-likeness (QED) is 0.189. The smallest absolute Gasteiger partial charge is 0.136 e. The largest absolute Gasteiger partial charge is 0.316 e. The van der Waals surface area contributed by atoms with Crippen molar-refractivity contribution in [3.05, 3.63) is 175 Å². The third-order valence-electron chi connectivity index (χ3n) is 9.02. The minimum atomic E-state index is -0.421. The Kier molecular flexibility index (Phi) is 4.90. The highest BCUT2D eigenvalue weighted by Gasteiger charge is 2.37. The van der Waals surface area contributed by atoms with Gasteiger partial charge in [0, 0.05) is 11.1 Å². The number of allylic oxidation sites excluding steroid dienone is 2. The molecule has 7 aromatic rings. The van der Waals surface area contributed by atoms with Crippen molar-refractivity contribution in [3.8, 4) is 22.3 Å². The van der Waals surface area contributed by atoms with Crippen LogP contribution in [0.3, 0.4) is 0 Å². The molecule has 2 nitrogen and oxygen atoms in total. The molecule has 0 aromatic heterocycles. The number of hydrogen-bond acceptors (Lipinski definition) is 2. The molecule has 1 heterocycles. The molecule has 1 aliphatic heterocycles. The van der Waals surface area contributed by atoms with Crippen molar-refractivity contribution < 1.29 is 6.85 Å². The van der Waals surface area contributed by atoms with E-state index in [1.54, 1.807) is 0 Å². The van der Waals surface area contributed by atoms with Crippen molar-refractivity contribution in [2.24, 2.45) is 4.99 Å². The van der Waals surface area contributed by atoms with E-state index in [1.807, 2.05) is 30.4 Å². The summed E-state index contributed by atoms with van der Waals surface area (Å²) < 4.78 is 42.9. The second-order valence-corrected chi connectivity index (χ2v) is 11.5. The number of rotatable bonds is 4. The van der Waals surface area contributed by atoms with E-state index >= 15 is 0 Å². The highest BCUT2D eigenvalue weighted by molar-refractivity contribution is 6.25. The molecule has 0 bridgehead atoms. The average Bonchev–Trinajstić information content (AvgIpc) is 3.54. The number of para-hydroxylation sites is 1. The van der Waals surface area contributed by atoms with Crippen LogP contribution in [0.2, 0.25) is 0 Å². The predicted molar refractivity (Wildman–Crippen MR) is 191 cm³/mol. The molecule has 0 N–H and O–H groups in total. The summed E-state index contributed by atoms with van der Waals surface area (Å²) in [6.07, 6.45) is 8.02. The summed E-state index contributed by atoms with van der Waals surface area (Å²) in [6.45, 7) is 0. The Hall–Kier alpha value is -5.73. The Morgan fingerprint density at radius 3 is 1.82 bits per heavy atom. The Labute approximate surface area is 269 Å². The molecule has 9 rings (SSSR count). The molecule has 0 saturated carbocycles. The predicted octanol–water partition coefficient (Wildman–Crippen LogP) is 10.6. The van der Waals surface area contributed by atoms with Crippen LogP contribution in [0.1, 0.15) is 12.4 Å². The number of aliphatic imine (C=N–C) groups is 1. The molecule has 2 aliphatic rings. The van der Waals surface area contributed by atoms with Gasteiger partial charge in [-0.05, 0) is 55.1 Å². The van der Waals surface area contributed by atoms with E-state index in [0.717, 1.165) is 38.4 Å². The van der Waals surface area contributed by atoms with Crippen molar-refractivity contribution in [2.45, 2.75) is 12.1 Å². The molecular weight excluding hydrogens is 544 g/mol. The lowest BCUT2D eigenvalue weighted by atomic mass is 9.84. The molecule has 7 aromatic carbocycles. The molecule has 0 fully saturated rings. The Balaban J connectivity index is 1.35. The van der Waals surface area contributed by atoms with E-state index in [4.69, 9.17) is 11.8 Å². The average molecular weight is 580 g/mol. The summed E-state index contributed by atoms with van der Waals surface area (Å²) in [5, 5.41) is 6.83. The maximum absolute atomic E-state index is 8.89. The van der Waals surface area contributed by atoms with Gasteiger partial charge in [0.05, 0.1) is 24.6 Å². The van der Waals surface area contributed by atoms with E-state index in [2.05, 4.69) is 114 Å². The fraction of sp³-hybridized carbons (Fsp3) is 0.0465. The molecule has 2 atom stereocenters. The van der Waals surface area contributed by atoms with Crippen LogP contribution in [-0.4, -0.2) is 17.9 Å². The van der Waals surface area contributed by atoms with Gasteiger partial charge in [0.15, 0.2) is 0 Å². The van der Waals surface area contributed by atoms with Crippen molar-refractivity contribution in [2.75, 3.05) is 4.90 Å². The maximum Gasteiger partial charge on any atom is 0.136 e. The topological polar surface area (TPSA) is 15.6 Å². The SMILES string of the molecule is [2H]c1c([2H])c([2H])c(C2=NC3C=CC=CC3N2c2ccccc2-c2c3ccccc3c(-c3cccc4ccccc34)c3ccccc23)c([2H])c1[2H]. The zero-order valence-corrected chi connectivity index (χ0v) is 24.3. The highest BCUT2D eigenvalue weighted by Crippen LogP contribution is 2.48. The number of benzene rings is 7. The van der Waals surface area contributed by atoms with Gasteiger partial charge in [0.1, 0.15) is 5.84 Å². The lowest BCUT2D eigenvalue weighted by Gasteiger charge is -2.31. The summed E-state index contributed by atoms with van der Waals surface area (Å²) >= 11 is 0. The van der Waals surface area contributed by atoms with Gasteiger partial charge < -0.3 is 4.90 Å². The van der Waals surface area contributed by atoms with Crippen molar-refractivity contribution in [1.82, 2.24) is 0 Å². The molecule has 0 spiro atoms. The van der Waals surface area contributed by atoms with Gasteiger partial charge in [-0.25, -0.2) is 0 Å². The fourth-order valence-corrected chi connectivity index (χ4v) is 7.16. The molecule has 0 amide bonds. The molecule has 212 valence electrons. The Morgan fingerprint density at radius 1 is 0.533 bits per heavy atom. The van der Waals surface area contributed by atoms with E-state index in [-0.39, 0.29) is 41.8 Å². The van der Waals surface area contributed by atoms with Crippen LogP contribution in [0.4, 0.5) is 5.69 Å². The van der Waals surface area contributed by atoms with Gasteiger partial charge >= 0.3 is 0 Å². The van der Waals surface area contributed by atoms with Crippen LogP contribution < -0.4 is 4.90 Å². The van der Waals surface area contributed by atoms with Gasteiger partial charge in [0.25, 0.3) is 0 Å². The van der Waals surface area contributed by atoms with Crippen molar-refractivity contribution >= 4 is 43.8 Å². The van der Waals surface area contributed by atoms with E-state index < -0.39 is 6.04 Å². The third kappa shape index (κ3) is 4.07. The highest BCUT2D eigenvalue weighted by atomic mass is 15.3. The molecular formula is C43H30N2. The van der Waals surface area contributed by atoms with Gasteiger partial charge in [-0.15, -0.1) is 0 Å². The normalized spacial score (nSPS) is 18.8. The van der Waals surface area contributed by atoms with Crippen LogP contribution >= 0.6 is 0 Å². The van der Waals surface area contributed by atoms with Crippen LogP contribution in [0.5, 0.6) is 0 Å². The van der Waals surface area contributed by atoms with Gasteiger partial charge in [-0.1, -0.05) is 164 Å². The molecule has 2 unspecified atom stereocenters. The van der Waals surface area contributed by atoms with Gasteiger partial charge in [-0.2, -0.15) is 0 Å². The van der Waals surface area contributed by atoms with E-state index in [0.29, 0.717) is 5.84 Å². The molecule has 2 heteroatoms. The van der Waals surface area contributed by atoms with Crippen molar-refractivity contribution in [1.29, 1.82) is 0 Å². The maximum atomic E-state index is 8.89. The lowest BCUT2D eigenvalue weighted by molar-refractivity contribution is 0.739. The minimum absolute atomic E-state index is 0.100.